The van der Waals surface area contributed by atoms with Crippen LogP contribution in [0.3, 0.4) is 0 Å². The van der Waals surface area contributed by atoms with E-state index in [4.69, 9.17) is 11.6 Å². The van der Waals surface area contributed by atoms with Crippen molar-refractivity contribution in [3.05, 3.63) is 58.9 Å². The second kappa shape index (κ2) is 7.34. The monoisotopic (exact) mass is 396 g/mol. The van der Waals surface area contributed by atoms with E-state index in [-0.39, 0.29) is 11.4 Å². The van der Waals surface area contributed by atoms with Gasteiger partial charge in [0.05, 0.1) is 4.90 Å². The van der Waals surface area contributed by atoms with Crippen molar-refractivity contribution in [2.45, 2.75) is 30.7 Å². The van der Waals surface area contributed by atoms with Gasteiger partial charge in [0, 0.05) is 22.8 Å². The summed E-state index contributed by atoms with van der Waals surface area (Å²) in [5.74, 6) is -0.895. The lowest BCUT2D eigenvalue weighted by Crippen LogP contribution is -2.43. The number of halogens is 2. The number of nitrogens with one attached hydrogen (secondary N) is 1. The highest BCUT2D eigenvalue weighted by Gasteiger charge is 2.39. The van der Waals surface area contributed by atoms with E-state index in [1.54, 1.807) is 13.0 Å². The van der Waals surface area contributed by atoms with Crippen LogP contribution in [0.15, 0.2) is 47.4 Å². The molecular weight excluding hydrogens is 379 g/mol. The molecule has 5 nitrogen and oxygen atoms in total. The summed E-state index contributed by atoms with van der Waals surface area (Å²) in [4.78, 5) is 12.7. The van der Waals surface area contributed by atoms with Crippen molar-refractivity contribution < 1.29 is 17.6 Å². The molecule has 0 aliphatic carbocycles. The van der Waals surface area contributed by atoms with Crippen LogP contribution in [0.2, 0.25) is 5.02 Å². The zero-order valence-electron chi connectivity index (χ0n) is 14.1. The Bertz CT molecular complexity index is 932. The van der Waals surface area contributed by atoms with E-state index < -0.39 is 27.8 Å². The first-order chi connectivity index (χ1) is 12.3. The third-order valence-corrected chi connectivity index (χ3v) is 6.63. The zero-order chi connectivity index (χ0) is 18.9. The lowest BCUT2D eigenvalue weighted by atomic mass is 10.1. The molecular formula is C18H18ClFN2O3S. The van der Waals surface area contributed by atoms with Crippen LogP contribution in [0.1, 0.15) is 18.4 Å². The Morgan fingerprint density at radius 3 is 2.62 bits per heavy atom. The summed E-state index contributed by atoms with van der Waals surface area (Å²) in [6.45, 7) is 1.81. The Morgan fingerprint density at radius 2 is 1.92 bits per heavy atom. The minimum atomic E-state index is -3.82. The molecule has 0 saturated carbocycles. The summed E-state index contributed by atoms with van der Waals surface area (Å²) in [6, 6.07) is 9.38. The van der Waals surface area contributed by atoms with Crippen molar-refractivity contribution in [1.29, 1.82) is 0 Å². The molecule has 0 aromatic heterocycles. The van der Waals surface area contributed by atoms with Gasteiger partial charge in [0.25, 0.3) is 0 Å². The van der Waals surface area contributed by atoms with Crippen LogP contribution in [0, 0.1) is 12.7 Å². The summed E-state index contributed by atoms with van der Waals surface area (Å²) in [5.41, 5.74) is 0.650. The van der Waals surface area contributed by atoms with E-state index in [0.29, 0.717) is 29.1 Å². The van der Waals surface area contributed by atoms with Gasteiger partial charge in [-0.15, -0.1) is 0 Å². The molecule has 1 heterocycles. The van der Waals surface area contributed by atoms with Gasteiger partial charge in [0.2, 0.25) is 15.9 Å². The molecule has 0 radical (unpaired) electrons. The number of nitrogens with zero attached hydrogens (tertiary/aromatic N) is 1. The van der Waals surface area contributed by atoms with E-state index >= 15 is 0 Å². The number of carbonyl (C=O) groups is 1. The SMILES string of the molecule is Cc1c(F)cccc1NC(=O)[C@H]1CCCN1S(=O)(=O)c1ccc(Cl)cc1. The van der Waals surface area contributed by atoms with Crippen LogP contribution in [-0.2, 0) is 14.8 Å². The van der Waals surface area contributed by atoms with Crippen molar-refractivity contribution in [1.82, 2.24) is 4.31 Å². The number of anilines is 1. The van der Waals surface area contributed by atoms with E-state index in [2.05, 4.69) is 5.32 Å². The maximum absolute atomic E-state index is 13.7. The smallest absolute Gasteiger partial charge is 0.243 e. The van der Waals surface area contributed by atoms with Crippen molar-refractivity contribution >= 4 is 33.2 Å². The Kier molecular flexibility index (Phi) is 5.32. The molecule has 0 unspecified atom stereocenters. The summed E-state index contributed by atoms with van der Waals surface area (Å²) >= 11 is 5.82. The minimum Gasteiger partial charge on any atom is -0.324 e. The van der Waals surface area contributed by atoms with E-state index in [1.807, 2.05) is 0 Å². The maximum Gasteiger partial charge on any atom is 0.243 e. The predicted molar refractivity (Wildman–Crippen MR) is 98.1 cm³/mol. The number of hydrogen-bond donors (Lipinski definition) is 1. The molecule has 26 heavy (non-hydrogen) atoms. The van der Waals surface area contributed by atoms with Crippen molar-refractivity contribution in [2.75, 3.05) is 11.9 Å². The first-order valence-corrected chi connectivity index (χ1v) is 9.96. The lowest BCUT2D eigenvalue weighted by molar-refractivity contribution is -0.119. The van der Waals surface area contributed by atoms with Gasteiger partial charge in [-0.3, -0.25) is 4.79 Å². The molecule has 1 atom stereocenters. The number of rotatable bonds is 4. The average Bonchev–Trinajstić information content (AvgIpc) is 3.10. The first kappa shape index (κ1) is 18.8. The number of sulfonamides is 1. The van der Waals surface area contributed by atoms with Crippen LogP contribution in [0.25, 0.3) is 0 Å². The average molecular weight is 397 g/mol. The fraction of sp³-hybridized carbons (Fsp3) is 0.278. The molecule has 1 N–H and O–H groups in total. The molecule has 8 heteroatoms. The lowest BCUT2D eigenvalue weighted by Gasteiger charge is -2.23. The molecule has 0 bridgehead atoms. The second-order valence-corrected chi connectivity index (χ2v) is 8.46. The number of benzene rings is 2. The summed E-state index contributed by atoms with van der Waals surface area (Å²) < 4.78 is 40.6. The molecule has 1 amide bonds. The van der Waals surface area contributed by atoms with E-state index in [9.17, 15) is 17.6 Å². The van der Waals surface area contributed by atoms with Gasteiger partial charge < -0.3 is 5.32 Å². The highest BCUT2D eigenvalue weighted by Crippen LogP contribution is 2.28. The van der Waals surface area contributed by atoms with E-state index in [0.717, 1.165) is 0 Å². The molecule has 1 fully saturated rings. The van der Waals surface area contributed by atoms with Gasteiger partial charge in [-0.25, -0.2) is 12.8 Å². The van der Waals surface area contributed by atoms with Gasteiger partial charge >= 0.3 is 0 Å². The van der Waals surface area contributed by atoms with Crippen LogP contribution in [-0.4, -0.2) is 31.2 Å². The fourth-order valence-corrected chi connectivity index (χ4v) is 4.77. The molecule has 1 aliphatic rings. The number of carbonyl (C=O) groups excluding carboxylic acids is 1. The van der Waals surface area contributed by atoms with Crippen LogP contribution >= 0.6 is 11.6 Å². The van der Waals surface area contributed by atoms with Gasteiger partial charge in [-0.1, -0.05) is 17.7 Å². The largest absolute Gasteiger partial charge is 0.324 e. The van der Waals surface area contributed by atoms with Crippen molar-refractivity contribution in [3.63, 3.8) is 0 Å². The highest BCUT2D eigenvalue weighted by molar-refractivity contribution is 7.89. The Morgan fingerprint density at radius 1 is 1.23 bits per heavy atom. The van der Waals surface area contributed by atoms with Crippen molar-refractivity contribution in [3.8, 4) is 0 Å². The standard InChI is InChI=1S/C18H18ClFN2O3S/c1-12-15(20)4-2-5-16(12)21-18(23)17-6-3-11-22(17)26(24,25)14-9-7-13(19)8-10-14/h2,4-5,7-10,17H,3,6,11H2,1H3,(H,21,23)/t17-/m1/s1. The quantitative estimate of drug-likeness (QED) is 0.858. The van der Waals surface area contributed by atoms with Crippen LogP contribution in [0.5, 0.6) is 0 Å². The maximum atomic E-state index is 13.7. The Balaban J connectivity index is 1.84. The molecule has 2 aromatic carbocycles. The topological polar surface area (TPSA) is 66.5 Å². The van der Waals surface area contributed by atoms with Crippen LogP contribution < -0.4 is 5.32 Å². The van der Waals surface area contributed by atoms with Gasteiger partial charge in [-0.05, 0) is 56.2 Å². The molecule has 138 valence electrons. The third kappa shape index (κ3) is 3.60. The number of amides is 1. The molecule has 1 saturated heterocycles. The third-order valence-electron chi connectivity index (χ3n) is 4.45. The summed E-state index contributed by atoms with van der Waals surface area (Å²) in [7, 11) is -3.82. The van der Waals surface area contributed by atoms with Gasteiger partial charge in [0.1, 0.15) is 11.9 Å². The molecule has 2 aromatic rings. The Hall–Kier alpha value is -1.96. The van der Waals surface area contributed by atoms with Gasteiger partial charge in [-0.2, -0.15) is 4.31 Å². The number of hydrogen-bond acceptors (Lipinski definition) is 3. The zero-order valence-corrected chi connectivity index (χ0v) is 15.6. The molecule has 1 aliphatic heterocycles. The normalized spacial score (nSPS) is 18.0. The Labute approximate surface area is 156 Å². The molecule has 3 rings (SSSR count). The predicted octanol–water partition coefficient (Wildman–Crippen LogP) is 3.58. The first-order valence-electron chi connectivity index (χ1n) is 8.14. The van der Waals surface area contributed by atoms with Crippen molar-refractivity contribution in [2.24, 2.45) is 0 Å². The highest BCUT2D eigenvalue weighted by atomic mass is 35.5. The summed E-state index contributed by atoms with van der Waals surface area (Å²) in [5, 5.41) is 3.08. The van der Waals surface area contributed by atoms with Crippen LogP contribution in [0.4, 0.5) is 10.1 Å². The fourth-order valence-electron chi connectivity index (χ4n) is 2.99. The minimum absolute atomic E-state index is 0.0866. The second-order valence-electron chi connectivity index (χ2n) is 6.13. The molecule has 0 spiro atoms. The van der Waals surface area contributed by atoms with Gasteiger partial charge in [0.15, 0.2) is 0 Å². The van der Waals surface area contributed by atoms with E-state index in [1.165, 1.54) is 40.7 Å². The summed E-state index contributed by atoms with van der Waals surface area (Å²) in [6.07, 6.45) is 0.986.